The van der Waals surface area contributed by atoms with Crippen molar-refractivity contribution in [3.05, 3.63) is 30.1 Å². The number of thioether (sulfide) groups is 1. The fourth-order valence-electron chi connectivity index (χ4n) is 1.40. The van der Waals surface area contributed by atoms with E-state index < -0.39 is 11.9 Å². The summed E-state index contributed by atoms with van der Waals surface area (Å²) in [5, 5.41) is 8.76. The van der Waals surface area contributed by atoms with E-state index in [-0.39, 0.29) is 24.0 Å². The molecule has 0 saturated heterocycles. The minimum Gasteiger partial charge on any atom is -0.481 e. The average Bonchev–Trinajstić information content (AvgIpc) is 2.37. The molecule has 0 aliphatic carbocycles. The van der Waals surface area contributed by atoms with Gasteiger partial charge in [0.15, 0.2) is 0 Å². The number of amides is 1. The van der Waals surface area contributed by atoms with Crippen molar-refractivity contribution in [2.75, 3.05) is 19.3 Å². The Morgan fingerprint density at radius 2 is 2.05 bits per heavy atom. The summed E-state index contributed by atoms with van der Waals surface area (Å²) in [7, 11) is 1.55. The van der Waals surface area contributed by atoms with Crippen molar-refractivity contribution in [2.24, 2.45) is 5.92 Å². The van der Waals surface area contributed by atoms with Crippen molar-refractivity contribution in [2.45, 2.75) is 11.8 Å². The summed E-state index contributed by atoms with van der Waals surface area (Å²) in [4.78, 5) is 24.2. The SMILES string of the molecule is CC(CN(C)C(=O)CSc1ccccc1F)C(=O)O. The molecule has 1 unspecified atom stereocenters. The summed E-state index contributed by atoms with van der Waals surface area (Å²) in [5.74, 6) is -2.05. The lowest BCUT2D eigenvalue weighted by molar-refractivity contribution is -0.142. The maximum Gasteiger partial charge on any atom is 0.308 e. The number of aliphatic carboxylic acids is 1. The van der Waals surface area contributed by atoms with Crippen molar-refractivity contribution in [3.63, 3.8) is 0 Å². The molecule has 0 aliphatic heterocycles. The molecule has 1 aromatic carbocycles. The average molecular weight is 285 g/mol. The zero-order valence-electron chi connectivity index (χ0n) is 10.8. The third-order valence-electron chi connectivity index (χ3n) is 2.58. The molecule has 1 rings (SSSR count). The second-order valence-corrected chi connectivity index (χ2v) is 5.25. The van der Waals surface area contributed by atoms with Crippen LogP contribution in [-0.2, 0) is 9.59 Å². The Bertz CT molecular complexity index is 467. The summed E-state index contributed by atoms with van der Waals surface area (Å²) in [6.07, 6.45) is 0. The summed E-state index contributed by atoms with van der Waals surface area (Å²) in [5.41, 5.74) is 0. The van der Waals surface area contributed by atoms with Crippen molar-refractivity contribution < 1.29 is 19.1 Å². The zero-order chi connectivity index (χ0) is 14.4. The van der Waals surface area contributed by atoms with Gasteiger partial charge in [-0.05, 0) is 12.1 Å². The zero-order valence-corrected chi connectivity index (χ0v) is 11.6. The minimum atomic E-state index is -0.943. The van der Waals surface area contributed by atoms with Gasteiger partial charge in [-0.2, -0.15) is 0 Å². The van der Waals surface area contributed by atoms with Crippen LogP contribution in [0.1, 0.15) is 6.92 Å². The number of benzene rings is 1. The van der Waals surface area contributed by atoms with Crippen LogP contribution in [0.3, 0.4) is 0 Å². The molecule has 0 heterocycles. The maximum absolute atomic E-state index is 13.3. The van der Waals surface area contributed by atoms with E-state index in [9.17, 15) is 14.0 Å². The monoisotopic (exact) mass is 285 g/mol. The summed E-state index contributed by atoms with van der Waals surface area (Å²) >= 11 is 1.11. The number of carbonyl (C=O) groups is 2. The Kier molecular flexibility index (Phi) is 5.82. The van der Waals surface area contributed by atoms with Gasteiger partial charge in [0.05, 0.1) is 11.7 Å². The van der Waals surface area contributed by atoms with Gasteiger partial charge in [-0.15, -0.1) is 11.8 Å². The Morgan fingerprint density at radius 3 is 2.63 bits per heavy atom. The molecule has 1 N–H and O–H groups in total. The molecular formula is C13H16FNO3S. The first-order valence-electron chi connectivity index (χ1n) is 5.76. The fourth-order valence-corrected chi connectivity index (χ4v) is 2.28. The Balaban J connectivity index is 2.47. The van der Waals surface area contributed by atoms with Crippen LogP contribution in [0.5, 0.6) is 0 Å². The Labute approximate surface area is 115 Å². The van der Waals surface area contributed by atoms with Gasteiger partial charge in [0, 0.05) is 18.5 Å². The topological polar surface area (TPSA) is 57.6 Å². The predicted octanol–water partition coefficient (Wildman–Crippen LogP) is 2.10. The van der Waals surface area contributed by atoms with Gasteiger partial charge in [-0.3, -0.25) is 9.59 Å². The number of carboxylic acid groups (broad SMARTS) is 1. The molecule has 1 aromatic rings. The molecule has 0 radical (unpaired) electrons. The van der Waals surface area contributed by atoms with Crippen LogP contribution < -0.4 is 0 Å². The quantitative estimate of drug-likeness (QED) is 0.813. The molecule has 0 aliphatic rings. The number of carbonyl (C=O) groups excluding carboxylic acids is 1. The highest BCUT2D eigenvalue weighted by atomic mass is 32.2. The lowest BCUT2D eigenvalue weighted by Gasteiger charge is -2.19. The first-order valence-corrected chi connectivity index (χ1v) is 6.74. The predicted molar refractivity (Wildman–Crippen MR) is 71.6 cm³/mol. The largest absolute Gasteiger partial charge is 0.481 e. The standard InChI is InChI=1S/C13H16FNO3S/c1-9(13(17)18)7-15(2)12(16)8-19-11-6-4-3-5-10(11)14/h3-6,9H,7-8H2,1-2H3,(H,17,18). The highest BCUT2D eigenvalue weighted by Gasteiger charge is 2.17. The maximum atomic E-state index is 13.3. The summed E-state index contributed by atoms with van der Waals surface area (Å²) in [6.45, 7) is 1.68. The number of carboxylic acids is 1. The highest BCUT2D eigenvalue weighted by molar-refractivity contribution is 8.00. The van der Waals surface area contributed by atoms with Crippen LogP contribution in [0.25, 0.3) is 0 Å². The molecule has 104 valence electrons. The molecule has 1 atom stereocenters. The second kappa shape index (κ2) is 7.13. The van der Waals surface area contributed by atoms with Crippen molar-refractivity contribution >= 4 is 23.6 Å². The third-order valence-corrected chi connectivity index (χ3v) is 3.62. The van der Waals surface area contributed by atoms with Crippen molar-refractivity contribution in [1.82, 2.24) is 4.90 Å². The molecule has 0 bridgehead atoms. The molecule has 1 amide bonds. The van der Waals surface area contributed by atoms with E-state index in [0.29, 0.717) is 4.90 Å². The first kappa shape index (κ1) is 15.5. The van der Waals surface area contributed by atoms with Gasteiger partial charge >= 0.3 is 5.97 Å². The van der Waals surface area contributed by atoms with Crippen molar-refractivity contribution in [3.8, 4) is 0 Å². The van der Waals surface area contributed by atoms with Crippen LogP contribution in [-0.4, -0.2) is 41.2 Å². The van der Waals surface area contributed by atoms with E-state index in [4.69, 9.17) is 5.11 Å². The highest BCUT2D eigenvalue weighted by Crippen LogP contribution is 2.21. The van der Waals surface area contributed by atoms with Gasteiger partial charge in [-0.1, -0.05) is 19.1 Å². The second-order valence-electron chi connectivity index (χ2n) is 4.23. The van der Waals surface area contributed by atoms with E-state index in [2.05, 4.69) is 0 Å². The summed E-state index contributed by atoms with van der Waals surface area (Å²) < 4.78 is 13.3. The van der Waals surface area contributed by atoms with Crippen LogP contribution in [0.4, 0.5) is 4.39 Å². The van der Waals surface area contributed by atoms with E-state index in [1.807, 2.05) is 0 Å². The molecule has 0 aromatic heterocycles. The van der Waals surface area contributed by atoms with Crippen LogP contribution in [0.2, 0.25) is 0 Å². The van der Waals surface area contributed by atoms with Crippen LogP contribution in [0, 0.1) is 11.7 Å². The number of nitrogens with zero attached hydrogens (tertiary/aromatic N) is 1. The van der Waals surface area contributed by atoms with E-state index >= 15 is 0 Å². The van der Waals surface area contributed by atoms with Gasteiger partial charge in [0.1, 0.15) is 5.82 Å². The molecule has 0 saturated carbocycles. The molecule has 19 heavy (non-hydrogen) atoms. The Hall–Kier alpha value is -1.56. The third kappa shape index (κ3) is 4.90. The fraction of sp³-hybridized carbons (Fsp3) is 0.385. The van der Waals surface area contributed by atoms with Gasteiger partial charge in [0.2, 0.25) is 5.91 Å². The number of hydrogen-bond donors (Lipinski definition) is 1. The van der Waals surface area contributed by atoms with E-state index in [1.54, 1.807) is 25.2 Å². The van der Waals surface area contributed by atoms with Crippen LogP contribution >= 0.6 is 11.8 Å². The van der Waals surface area contributed by atoms with Crippen molar-refractivity contribution in [1.29, 1.82) is 0 Å². The van der Waals surface area contributed by atoms with Gasteiger partial charge in [-0.25, -0.2) is 4.39 Å². The molecule has 0 fully saturated rings. The molecule has 0 spiro atoms. The molecule has 6 heteroatoms. The number of halogens is 1. The minimum absolute atomic E-state index is 0.0871. The normalized spacial score (nSPS) is 11.9. The lowest BCUT2D eigenvalue weighted by atomic mass is 10.2. The lowest BCUT2D eigenvalue weighted by Crippen LogP contribution is -2.34. The Morgan fingerprint density at radius 1 is 1.42 bits per heavy atom. The smallest absolute Gasteiger partial charge is 0.308 e. The van der Waals surface area contributed by atoms with Gasteiger partial charge < -0.3 is 10.0 Å². The molecule has 4 nitrogen and oxygen atoms in total. The number of rotatable bonds is 6. The van der Waals surface area contributed by atoms with Gasteiger partial charge in [0.25, 0.3) is 0 Å². The van der Waals surface area contributed by atoms with E-state index in [0.717, 1.165) is 11.8 Å². The first-order chi connectivity index (χ1) is 8.91. The summed E-state index contributed by atoms with van der Waals surface area (Å²) in [6, 6.07) is 6.23. The van der Waals surface area contributed by atoms with Crippen LogP contribution in [0.15, 0.2) is 29.2 Å². The van der Waals surface area contributed by atoms with E-state index in [1.165, 1.54) is 17.9 Å². The number of hydrogen-bond acceptors (Lipinski definition) is 3. The molecular weight excluding hydrogens is 269 g/mol.